The van der Waals surface area contributed by atoms with Crippen LogP contribution >= 0.6 is 0 Å². The first-order valence-corrected chi connectivity index (χ1v) is 6.92. The van der Waals surface area contributed by atoms with E-state index in [0.717, 1.165) is 12.0 Å². The smallest absolute Gasteiger partial charge is 0.323 e. The summed E-state index contributed by atoms with van der Waals surface area (Å²) in [4.78, 5) is 24.7. The Balaban J connectivity index is 2.07. The topological polar surface area (TPSA) is 69.6 Å². The number of hydrogen-bond acceptors (Lipinski definition) is 3. The Kier molecular flexibility index (Phi) is 4.74. The third-order valence-electron chi connectivity index (χ3n) is 3.51. The van der Waals surface area contributed by atoms with E-state index in [-0.39, 0.29) is 18.5 Å². The van der Waals surface area contributed by atoms with Gasteiger partial charge in [-0.1, -0.05) is 31.2 Å². The van der Waals surface area contributed by atoms with Crippen molar-refractivity contribution in [2.75, 3.05) is 13.1 Å². The molecule has 1 aliphatic rings. The van der Waals surface area contributed by atoms with Gasteiger partial charge in [0.25, 0.3) is 0 Å². The summed E-state index contributed by atoms with van der Waals surface area (Å²) < 4.78 is 0. The van der Waals surface area contributed by atoms with Gasteiger partial charge in [-0.25, -0.2) is 0 Å². The highest BCUT2D eigenvalue weighted by Crippen LogP contribution is 2.17. The molecule has 1 heterocycles. The largest absolute Gasteiger partial charge is 0.480 e. The van der Waals surface area contributed by atoms with E-state index >= 15 is 0 Å². The van der Waals surface area contributed by atoms with Gasteiger partial charge in [0.15, 0.2) is 0 Å². The fraction of sp³-hybridized carbons (Fsp3) is 0.467. The highest BCUT2D eigenvalue weighted by molar-refractivity contribution is 5.85. The van der Waals surface area contributed by atoms with Gasteiger partial charge in [-0.05, 0) is 24.0 Å². The molecular formula is C15H20N2O3. The van der Waals surface area contributed by atoms with Crippen molar-refractivity contribution in [1.82, 2.24) is 10.2 Å². The van der Waals surface area contributed by atoms with Crippen LogP contribution in [-0.4, -0.2) is 41.0 Å². The van der Waals surface area contributed by atoms with Crippen molar-refractivity contribution in [2.45, 2.75) is 32.4 Å². The number of rotatable bonds is 5. The summed E-state index contributed by atoms with van der Waals surface area (Å²) in [5, 5.41) is 12.1. The number of fused-ring (bicyclic) bond motifs is 1. The van der Waals surface area contributed by atoms with Gasteiger partial charge in [-0.2, -0.15) is 0 Å². The highest BCUT2D eigenvalue weighted by atomic mass is 16.4. The molecule has 20 heavy (non-hydrogen) atoms. The predicted molar refractivity (Wildman–Crippen MR) is 75.3 cm³/mol. The normalized spacial score (nSPS) is 17.4. The van der Waals surface area contributed by atoms with E-state index in [1.54, 1.807) is 0 Å². The minimum absolute atomic E-state index is 0.122. The second kappa shape index (κ2) is 6.52. The zero-order valence-corrected chi connectivity index (χ0v) is 11.6. The Morgan fingerprint density at radius 2 is 2.05 bits per heavy atom. The van der Waals surface area contributed by atoms with E-state index in [2.05, 4.69) is 5.32 Å². The van der Waals surface area contributed by atoms with Crippen LogP contribution < -0.4 is 5.32 Å². The third-order valence-corrected chi connectivity index (χ3v) is 3.51. The number of aliphatic carboxylic acids is 1. The van der Waals surface area contributed by atoms with Crippen molar-refractivity contribution < 1.29 is 14.7 Å². The Labute approximate surface area is 118 Å². The average molecular weight is 276 g/mol. The summed E-state index contributed by atoms with van der Waals surface area (Å²) >= 11 is 0. The Bertz CT molecular complexity index is 502. The highest BCUT2D eigenvalue weighted by Gasteiger charge is 2.28. The lowest BCUT2D eigenvalue weighted by Gasteiger charge is -2.30. The van der Waals surface area contributed by atoms with Crippen LogP contribution in [0.4, 0.5) is 0 Å². The maximum atomic E-state index is 12.4. The molecule has 108 valence electrons. The van der Waals surface area contributed by atoms with E-state index in [1.807, 2.05) is 31.2 Å². The molecule has 1 aliphatic heterocycles. The van der Waals surface area contributed by atoms with Gasteiger partial charge in [0.05, 0.1) is 6.04 Å². The number of benzene rings is 1. The molecule has 2 N–H and O–H groups in total. The maximum absolute atomic E-state index is 12.4. The molecule has 1 atom stereocenters. The lowest BCUT2D eigenvalue weighted by Crippen LogP contribution is -2.50. The summed E-state index contributed by atoms with van der Waals surface area (Å²) in [6, 6.07) is 7.70. The molecule has 0 fully saturated rings. The lowest BCUT2D eigenvalue weighted by molar-refractivity contribution is -0.145. The van der Waals surface area contributed by atoms with Gasteiger partial charge in [0.2, 0.25) is 5.91 Å². The molecule has 0 saturated heterocycles. The fourth-order valence-electron chi connectivity index (χ4n) is 2.55. The van der Waals surface area contributed by atoms with Crippen molar-refractivity contribution in [1.29, 1.82) is 0 Å². The van der Waals surface area contributed by atoms with Crippen LogP contribution in [0.25, 0.3) is 0 Å². The maximum Gasteiger partial charge on any atom is 0.323 e. The quantitative estimate of drug-likeness (QED) is 0.842. The van der Waals surface area contributed by atoms with Crippen molar-refractivity contribution in [3.8, 4) is 0 Å². The first kappa shape index (κ1) is 14.5. The van der Waals surface area contributed by atoms with Gasteiger partial charge >= 0.3 is 5.97 Å². The third kappa shape index (κ3) is 3.36. The number of carboxylic acids is 1. The van der Waals surface area contributed by atoms with Gasteiger partial charge < -0.3 is 15.3 Å². The fourth-order valence-corrected chi connectivity index (χ4v) is 2.55. The molecule has 2 rings (SSSR count). The predicted octanol–water partition coefficient (Wildman–Crippen LogP) is 1.02. The number of nitrogens with one attached hydrogen (secondary N) is 1. The molecule has 0 spiro atoms. The van der Waals surface area contributed by atoms with Gasteiger partial charge in [-0.15, -0.1) is 0 Å². The molecule has 0 aliphatic carbocycles. The number of nitrogens with zero attached hydrogens (tertiary/aromatic N) is 1. The van der Waals surface area contributed by atoms with Crippen molar-refractivity contribution in [2.24, 2.45) is 0 Å². The zero-order chi connectivity index (χ0) is 14.5. The molecule has 0 bridgehead atoms. The number of amides is 1. The van der Waals surface area contributed by atoms with Gasteiger partial charge in [-0.3, -0.25) is 9.59 Å². The summed E-state index contributed by atoms with van der Waals surface area (Å²) in [5.41, 5.74) is 2.37. The first-order valence-electron chi connectivity index (χ1n) is 6.92. The molecule has 5 nitrogen and oxygen atoms in total. The van der Waals surface area contributed by atoms with Crippen LogP contribution in [0.2, 0.25) is 0 Å². The first-order chi connectivity index (χ1) is 9.61. The molecular weight excluding hydrogens is 256 g/mol. The number of carbonyl (C=O) groups is 2. The van der Waals surface area contributed by atoms with Crippen LogP contribution in [0, 0.1) is 0 Å². The standard InChI is InChI=1S/C15H20N2O3/c1-2-7-17(10-14(18)19)15(20)13-8-11-5-3-4-6-12(11)9-16-13/h3-6,13,16H,2,7-10H2,1H3,(H,18,19). The number of carboxylic acid groups (broad SMARTS) is 1. The molecule has 1 unspecified atom stereocenters. The summed E-state index contributed by atoms with van der Waals surface area (Å²) in [6.45, 7) is 2.84. The van der Waals surface area contributed by atoms with Crippen LogP contribution in [-0.2, 0) is 22.6 Å². The average Bonchev–Trinajstić information content (AvgIpc) is 2.45. The second-order valence-electron chi connectivity index (χ2n) is 5.06. The van der Waals surface area contributed by atoms with E-state index in [4.69, 9.17) is 5.11 Å². The molecule has 0 radical (unpaired) electrons. The Hall–Kier alpha value is -1.88. The second-order valence-corrected chi connectivity index (χ2v) is 5.06. The van der Waals surface area contributed by atoms with Crippen LogP contribution in [0.1, 0.15) is 24.5 Å². The zero-order valence-electron chi connectivity index (χ0n) is 11.6. The minimum atomic E-state index is -0.969. The van der Waals surface area contributed by atoms with Crippen molar-refractivity contribution in [3.05, 3.63) is 35.4 Å². The van der Waals surface area contributed by atoms with Crippen LogP contribution in [0.5, 0.6) is 0 Å². The SMILES string of the molecule is CCCN(CC(=O)O)C(=O)C1Cc2ccccc2CN1. The van der Waals surface area contributed by atoms with Crippen molar-refractivity contribution in [3.63, 3.8) is 0 Å². The van der Waals surface area contributed by atoms with Crippen molar-refractivity contribution >= 4 is 11.9 Å². The lowest BCUT2D eigenvalue weighted by atomic mass is 9.95. The van der Waals surface area contributed by atoms with Crippen LogP contribution in [0.3, 0.4) is 0 Å². The number of carbonyl (C=O) groups excluding carboxylic acids is 1. The summed E-state index contributed by atoms with van der Waals surface area (Å²) in [5.74, 6) is -1.09. The molecule has 0 aromatic heterocycles. The minimum Gasteiger partial charge on any atom is -0.480 e. The van der Waals surface area contributed by atoms with Gasteiger partial charge in [0.1, 0.15) is 6.54 Å². The Morgan fingerprint density at radius 3 is 2.70 bits per heavy atom. The van der Waals surface area contributed by atoms with E-state index in [1.165, 1.54) is 10.5 Å². The molecule has 1 aromatic rings. The molecule has 1 amide bonds. The van der Waals surface area contributed by atoms with Gasteiger partial charge in [0, 0.05) is 13.1 Å². The number of hydrogen-bond donors (Lipinski definition) is 2. The Morgan fingerprint density at radius 1 is 1.35 bits per heavy atom. The van der Waals surface area contributed by atoms with E-state index in [0.29, 0.717) is 19.5 Å². The molecule has 5 heteroatoms. The van der Waals surface area contributed by atoms with E-state index in [9.17, 15) is 9.59 Å². The molecule has 0 saturated carbocycles. The monoisotopic (exact) mass is 276 g/mol. The van der Waals surface area contributed by atoms with E-state index < -0.39 is 5.97 Å². The van der Waals surface area contributed by atoms with Crippen LogP contribution in [0.15, 0.2) is 24.3 Å². The molecule has 1 aromatic carbocycles. The summed E-state index contributed by atoms with van der Waals surface area (Å²) in [7, 11) is 0. The summed E-state index contributed by atoms with van der Waals surface area (Å²) in [6.07, 6.45) is 1.37.